The molecule has 0 saturated carbocycles. The molecule has 1 spiro atoms. The second kappa shape index (κ2) is 7.18. The van der Waals surface area contributed by atoms with E-state index in [9.17, 15) is 15.0 Å². The van der Waals surface area contributed by atoms with E-state index in [0.717, 1.165) is 27.0 Å². The maximum Gasteiger partial charge on any atom is 0.246 e. The lowest BCUT2D eigenvalue weighted by molar-refractivity contribution is -0.150. The number of phenolic OH excluding ortho intramolecular Hbond substituents is 1. The van der Waals surface area contributed by atoms with Gasteiger partial charge in [-0.1, -0.05) is 18.2 Å². The molecule has 6 rings (SSSR count). The molecule has 33 heavy (non-hydrogen) atoms. The Morgan fingerprint density at radius 3 is 3.00 bits per heavy atom. The molecule has 0 radical (unpaired) electrons. The topological polar surface area (TPSA) is 73.2 Å². The lowest BCUT2D eigenvalue weighted by Gasteiger charge is -2.62. The zero-order valence-corrected chi connectivity index (χ0v) is 20.8. The molecule has 5 atom stereocenters. The largest absolute Gasteiger partial charge is 0.504 e. The van der Waals surface area contributed by atoms with Crippen LogP contribution in [0.3, 0.4) is 0 Å². The van der Waals surface area contributed by atoms with E-state index >= 15 is 0 Å². The fourth-order valence-electron chi connectivity index (χ4n) is 6.45. The highest BCUT2D eigenvalue weighted by Crippen LogP contribution is 2.64. The number of aliphatic hydroxyl groups is 1. The molecule has 2 aromatic rings. The molecule has 1 saturated heterocycles. The van der Waals surface area contributed by atoms with Crippen molar-refractivity contribution in [2.45, 2.75) is 42.0 Å². The molecule has 3 heterocycles. The van der Waals surface area contributed by atoms with E-state index < -0.39 is 17.1 Å². The number of carbonyl (C=O) groups excluding carboxylic acids is 1. The first-order valence-electron chi connectivity index (χ1n) is 11.1. The number of ether oxygens (including phenoxy) is 1. The lowest BCUT2D eigenvalue weighted by Crippen LogP contribution is -2.76. The first-order valence-corrected chi connectivity index (χ1v) is 12.8. The predicted octanol–water partition coefficient (Wildman–Crippen LogP) is 3.32. The van der Waals surface area contributed by atoms with Crippen molar-refractivity contribution in [3.63, 3.8) is 0 Å². The number of nitrogens with zero attached hydrogens (tertiary/aromatic N) is 2. The molecule has 1 aromatic carbocycles. The highest BCUT2D eigenvalue weighted by molar-refractivity contribution is 9.10. The molecule has 1 aromatic heterocycles. The molecule has 1 fully saturated rings. The van der Waals surface area contributed by atoms with Gasteiger partial charge in [-0.05, 0) is 66.1 Å². The van der Waals surface area contributed by atoms with Gasteiger partial charge in [-0.2, -0.15) is 0 Å². The van der Waals surface area contributed by atoms with Crippen molar-refractivity contribution in [3.8, 4) is 11.5 Å². The maximum absolute atomic E-state index is 13.1. The molecule has 2 aliphatic heterocycles. The number of thiophene rings is 1. The second-order valence-electron chi connectivity index (χ2n) is 9.53. The van der Waals surface area contributed by atoms with Crippen molar-refractivity contribution in [1.29, 1.82) is 0 Å². The summed E-state index contributed by atoms with van der Waals surface area (Å²) in [6.07, 6.45) is 8.09. The minimum absolute atomic E-state index is 0.0873. The summed E-state index contributed by atoms with van der Waals surface area (Å²) in [5.41, 5.74) is 0.199. The number of piperidine rings is 1. The Labute approximate surface area is 204 Å². The first kappa shape index (κ1) is 21.4. The average Bonchev–Trinajstić information content (AvgIpc) is 3.36. The van der Waals surface area contributed by atoms with Crippen LogP contribution in [0.4, 0.5) is 0 Å². The van der Waals surface area contributed by atoms with Gasteiger partial charge in [-0.25, -0.2) is 0 Å². The van der Waals surface area contributed by atoms with Crippen LogP contribution >= 0.6 is 27.3 Å². The highest BCUT2D eigenvalue weighted by Gasteiger charge is 2.71. The van der Waals surface area contributed by atoms with E-state index in [1.165, 1.54) is 0 Å². The van der Waals surface area contributed by atoms with Gasteiger partial charge in [0.15, 0.2) is 11.5 Å². The van der Waals surface area contributed by atoms with Crippen molar-refractivity contribution in [1.82, 2.24) is 9.80 Å². The molecule has 2 bridgehead atoms. The molecular weight excluding hydrogens is 504 g/mol. The van der Waals surface area contributed by atoms with E-state index in [2.05, 4.69) is 27.9 Å². The molecule has 4 aliphatic rings. The average molecular weight is 529 g/mol. The van der Waals surface area contributed by atoms with E-state index in [1.807, 2.05) is 35.7 Å². The number of rotatable bonds is 3. The zero-order valence-electron chi connectivity index (χ0n) is 18.4. The number of aromatic hydroxyl groups is 1. The van der Waals surface area contributed by atoms with Crippen LogP contribution in [0.5, 0.6) is 11.5 Å². The minimum Gasteiger partial charge on any atom is -0.504 e. The first-order chi connectivity index (χ1) is 15.8. The zero-order chi connectivity index (χ0) is 23.1. The normalized spacial score (nSPS) is 33.8. The monoisotopic (exact) mass is 528 g/mol. The van der Waals surface area contributed by atoms with Crippen molar-refractivity contribution in [2.75, 3.05) is 20.6 Å². The Balaban J connectivity index is 1.42. The molecule has 172 valence electrons. The van der Waals surface area contributed by atoms with Crippen LogP contribution in [-0.2, 0) is 16.6 Å². The van der Waals surface area contributed by atoms with Crippen LogP contribution in [0.1, 0.15) is 22.4 Å². The second-order valence-corrected chi connectivity index (χ2v) is 11.4. The maximum atomic E-state index is 13.1. The standard InChI is InChI=1S/C25H25BrN2O4S/c1-27-10-9-24-21-14-3-5-18(29)22(21)32-23(24)17(7-8-25(24,31)19(27)11-14)28(2)20(30)6-4-16-12-15(26)13-33-16/h3-8,12-13,17,19,23,29,31H,9-11H2,1-2H3/b6-4+/t17-,19-,23+,24+,25-/m1/s1. The van der Waals surface area contributed by atoms with Crippen LogP contribution in [0, 0.1) is 0 Å². The number of likely N-dealkylation sites (N-methyl/N-ethyl adjacent to an activating group) is 2. The molecule has 2 N–H and O–H groups in total. The van der Waals surface area contributed by atoms with Gasteiger partial charge < -0.3 is 19.8 Å². The van der Waals surface area contributed by atoms with Gasteiger partial charge in [0, 0.05) is 39.5 Å². The van der Waals surface area contributed by atoms with Crippen molar-refractivity contribution in [2.24, 2.45) is 0 Å². The number of halogens is 1. The summed E-state index contributed by atoms with van der Waals surface area (Å²) in [5, 5.41) is 24.8. The Morgan fingerprint density at radius 2 is 2.24 bits per heavy atom. The number of amides is 1. The van der Waals surface area contributed by atoms with Gasteiger partial charge in [0.25, 0.3) is 0 Å². The Bertz CT molecular complexity index is 1220. The Hall–Kier alpha value is -2.13. The van der Waals surface area contributed by atoms with Crippen LogP contribution in [0.25, 0.3) is 6.08 Å². The molecule has 6 nitrogen and oxygen atoms in total. The van der Waals surface area contributed by atoms with Gasteiger partial charge >= 0.3 is 0 Å². The fraction of sp³-hybridized carbons (Fsp3) is 0.400. The van der Waals surface area contributed by atoms with Gasteiger partial charge in [-0.15, -0.1) is 11.3 Å². The van der Waals surface area contributed by atoms with Crippen LogP contribution in [0.15, 0.2) is 46.3 Å². The Morgan fingerprint density at radius 1 is 1.42 bits per heavy atom. The number of benzene rings is 1. The van der Waals surface area contributed by atoms with Crippen molar-refractivity contribution in [3.05, 3.63) is 62.3 Å². The number of hydrogen-bond donors (Lipinski definition) is 2. The molecule has 8 heteroatoms. The van der Waals surface area contributed by atoms with Crippen LogP contribution in [-0.4, -0.2) is 70.3 Å². The van der Waals surface area contributed by atoms with Gasteiger partial charge in [0.1, 0.15) is 11.7 Å². The number of phenols is 1. The lowest BCUT2D eigenvalue weighted by atomic mass is 9.50. The summed E-state index contributed by atoms with van der Waals surface area (Å²) >= 11 is 5.00. The van der Waals surface area contributed by atoms with E-state index in [0.29, 0.717) is 18.6 Å². The quantitative estimate of drug-likeness (QED) is 0.472. The predicted molar refractivity (Wildman–Crippen MR) is 131 cm³/mol. The summed E-state index contributed by atoms with van der Waals surface area (Å²) in [6.45, 7) is 0.812. The molecule has 0 unspecified atom stereocenters. The van der Waals surface area contributed by atoms with E-state index in [-0.39, 0.29) is 23.7 Å². The van der Waals surface area contributed by atoms with Gasteiger partial charge in [-0.3, -0.25) is 9.69 Å². The van der Waals surface area contributed by atoms with Crippen LogP contribution in [0.2, 0.25) is 0 Å². The van der Waals surface area contributed by atoms with Crippen LogP contribution < -0.4 is 4.74 Å². The third-order valence-electron chi connectivity index (χ3n) is 8.06. The SMILES string of the molecule is CN1CC[C@]23c4c5ccc(O)c4O[C@H]2[C@H](N(C)C(=O)/C=C/c2cc(Br)cs2)C=C[C@@]3(O)[C@H]1C5. The summed E-state index contributed by atoms with van der Waals surface area (Å²) in [5.74, 6) is 0.418. The summed E-state index contributed by atoms with van der Waals surface area (Å²) in [7, 11) is 3.82. The summed E-state index contributed by atoms with van der Waals surface area (Å²) in [4.78, 5) is 18.0. The van der Waals surface area contributed by atoms with Gasteiger partial charge in [0.2, 0.25) is 5.91 Å². The number of carbonyl (C=O) groups is 1. The Kier molecular flexibility index (Phi) is 4.66. The van der Waals surface area contributed by atoms with E-state index in [4.69, 9.17) is 4.74 Å². The fourth-order valence-corrected chi connectivity index (χ4v) is 7.79. The highest BCUT2D eigenvalue weighted by atomic mass is 79.9. The summed E-state index contributed by atoms with van der Waals surface area (Å²) < 4.78 is 7.45. The minimum atomic E-state index is -1.13. The third kappa shape index (κ3) is 2.75. The summed E-state index contributed by atoms with van der Waals surface area (Å²) in [6, 6.07) is 5.14. The van der Waals surface area contributed by atoms with Gasteiger partial charge in [0.05, 0.1) is 11.5 Å². The molecule has 2 aliphatic carbocycles. The van der Waals surface area contributed by atoms with Crippen molar-refractivity contribution < 1.29 is 19.7 Å². The van der Waals surface area contributed by atoms with Crippen molar-refractivity contribution >= 4 is 39.2 Å². The number of likely N-dealkylation sites (tertiary alicyclic amines) is 1. The number of hydrogen-bond acceptors (Lipinski definition) is 6. The molecule has 1 amide bonds. The smallest absolute Gasteiger partial charge is 0.246 e. The third-order valence-corrected chi connectivity index (χ3v) is 9.72. The molecular formula is C25H25BrN2O4S. The van der Waals surface area contributed by atoms with E-state index in [1.54, 1.807) is 35.4 Å².